The molecule has 3 heterocycles. The second-order valence-electron chi connectivity index (χ2n) is 8.61. The van der Waals surface area contributed by atoms with Crippen LogP contribution in [0.3, 0.4) is 0 Å². The Bertz CT molecular complexity index is 1560. The van der Waals surface area contributed by atoms with Crippen molar-refractivity contribution in [3.05, 3.63) is 144 Å². The van der Waals surface area contributed by atoms with Crippen LogP contribution in [0, 0.1) is 0 Å². The largest absolute Gasteiger partial charge is 0.478 e. The number of hydrogen-bond acceptors (Lipinski definition) is 3. The van der Waals surface area contributed by atoms with Crippen molar-refractivity contribution < 1.29 is 9.90 Å². The van der Waals surface area contributed by atoms with Gasteiger partial charge >= 0.3 is 5.97 Å². The lowest BCUT2D eigenvalue weighted by Crippen LogP contribution is -2.38. The maximum atomic E-state index is 11.6. The van der Waals surface area contributed by atoms with Crippen molar-refractivity contribution in [2.75, 3.05) is 0 Å². The molecule has 0 saturated heterocycles. The summed E-state index contributed by atoms with van der Waals surface area (Å²) in [5, 5.41) is 15.1. The van der Waals surface area contributed by atoms with Crippen molar-refractivity contribution in [1.29, 1.82) is 0 Å². The van der Waals surface area contributed by atoms with Gasteiger partial charge in [-0.2, -0.15) is 5.10 Å². The zero-order valence-electron chi connectivity index (χ0n) is 19.2. The van der Waals surface area contributed by atoms with Crippen LogP contribution in [-0.4, -0.2) is 30.8 Å². The first-order valence-corrected chi connectivity index (χ1v) is 11.6. The number of pyridine rings is 1. The normalized spacial score (nSPS) is 11.6. The molecule has 6 heteroatoms. The van der Waals surface area contributed by atoms with Gasteiger partial charge in [-0.3, -0.25) is 4.68 Å². The van der Waals surface area contributed by atoms with Crippen LogP contribution in [-0.2, 0) is 5.54 Å². The fourth-order valence-electron chi connectivity index (χ4n) is 4.94. The Labute approximate surface area is 207 Å². The number of aromatic carboxylic acids is 1. The second kappa shape index (κ2) is 8.67. The number of carboxylic acid groups (broad SMARTS) is 1. The smallest absolute Gasteiger partial charge is 0.337 e. The van der Waals surface area contributed by atoms with E-state index in [9.17, 15) is 9.90 Å². The Kier molecular flexibility index (Phi) is 5.19. The molecule has 0 aliphatic rings. The van der Waals surface area contributed by atoms with Crippen LogP contribution in [0.2, 0.25) is 0 Å². The van der Waals surface area contributed by atoms with E-state index in [0.29, 0.717) is 5.65 Å². The molecule has 36 heavy (non-hydrogen) atoms. The van der Waals surface area contributed by atoms with Crippen LogP contribution in [0.1, 0.15) is 27.0 Å². The van der Waals surface area contributed by atoms with Crippen molar-refractivity contribution in [3.63, 3.8) is 0 Å². The fourth-order valence-corrected chi connectivity index (χ4v) is 4.94. The minimum atomic E-state index is -1.01. The Morgan fingerprint density at radius 2 is 1.36 bits per heavy atom. The highest BCUT2D eigenvalue weighted by Gasteiger charge is 2.39. The molecule has 0 bridgehead atoms. The number of benzene rings is 3. The standard InChI is InChI=1S/C30H22N4O2/c35-29(36)21-16-26-27(19-32-28(26)31-17-21)22-18-33-34(20-22)30(23-10-4-1-5-11-23,24-12-6-2-7-13-24)25-14-8-3-9-15-25/h1-20H,(H,31,32)(H,35,36). The number of carbonyl (C=O) groups is 1. The van der Waals surface area contributed by atoms with Gasteiger partial charge in [0.1, 0.15) is 11.2 Å². The Balaban J connectivity index is 1.61. The highest BCUT2D eigenvalue weighted by atomic mass is 16.4. The van der Waals surface area contributed by atoms with Crippen molar-refractivity contribution in [3.8, 4) is 11.1 Å². The number of rotatable bonds is 6. The third kappa shape index (κ3) is 3.39. The van der Waals surface area contributed by atoms with Gasteiger partial charge in [0.25, 0.3) is 0 Å². The molecule has 0 saturated carbocycles. The van der Waals surface area contributed by atoms with Crippen molar-refractivity contribution in [2.24, 2.45) is 0 Å². The molecular formula is C30H22N4O2. The van der Waals surface area contributed by atoms with E-state index in [-0.39, 0.29) is 5.56 Å². The highest BCUT2D eigenvalue weighted by Crippen LogP contribution is 2.41. The van der Waals surface area contributed by atoms with Gasteiger partial charge in [-0.05, 0) is 22.8 Å². The van der Waals surface area contributed by atoms with Crippen molar-refractivity contribution >= 4 is 17.0 Å². The van der Waals surface area contributed by atoms with Crippen LogP contribution in [0.25, 0.3) is 22.2 Å². The number of hydrogen-bond donors (Lipinski definition) is 2. The van der Waals surface area contributed by atoms with Crippen LogP contribution in [0.15, 0.2) is 122 Å². The van der Waals surface area contributed by atoms with Crippen LogP contribution in [0.5, 0.6) is 0 Å². The molecule has 0 aliphatic carbocycles. The summed E-state index contributed by atoms with van der Waals surface area (Å²) >= 11 is 0. The van der Waals surface area contributed by atoms with E-state index in [0.717, 1.165) is 33.2 Å². The van der Waals surface area contributed by atoms with Gasteiger partial charge in [0, 0.05) is 35.1 Å². The molecule has 0 radical (unpaired) electrons. The Morgan fingerprint density at radius 1 is 0.806 bits per heavy atom. The number of carboxylic acids is 1. The molecule has 6 rings (SSSR count). The van der Waals surface area contributed by atoms with Gasteiger partial charge < -0.3 is 10.1 Å². The van der Waals surface area contributed by atoms with E-state index in [2.05, 4.69) is 46.4 Å². The van der Waals surface area contributed by atoms with Gasteiger partial charge in [-0.1, -0.05) is 91.0 Å². The summed E-state index contributed by atoms with van der Waals surface area (Å²) in [6, 6.07) is 32.7. The van der Waals surface area contributed by atoms with E-state index in [1.165, 1.54) is 6.20 Å². The predicted molar refractivity (Wildman–Crippen MR) is 139 cm³/mol. The second-order valence-corrected chi connectivity index (χ2v) is 8.61. The fraction of sp³-hybridized carbons (Fsp3) is 0.0333. The first-order valence-electron chi connectivity index (χ1n) is 11.6. The van der Waals surface area contributed by atoms with Crippen LogP contribution < -0.4 is 0 Å². The summed E-state index contributed by atoms with van der Waals surface area (Å²) in [5.74, 6) is -1.01. The lowest BCUT2D eigenvalue weighted by atomic mass is 9.77. The monoisotopic (exact) mass is 470 g/mol. The molecule has 2 N–H and O–H groups in total. The molecule has 174 valence electrons. The number of nitrogens with one attached hydrogen (secondary N) is 1. The molecule has 0 spiro atoms. The minimum Gasteiger partial charge on any atom is -0.478 e. The van der Waals surface area contributed by atoms with Crippen molar-refractivity contribution in [1.82, 2.24) is 19.7 Å². The van der Waals surface area contributed by atoms with Crippen LogP contribution >= 0.6 is 0 Å². The maximum Gasteiger partial charge on any atom is 0.337 e. The van der Waals surface area contributed by atoms with E-state index in [4.69, 9.17) is 5.10 Å². The van der Waals surface area contributed by atoms with E-state index in [1.54, 1.807) is 6.07 Å². The average Bonchev–Trinajstić information content (AvgIpc) is 3.58. The first kappa shape index (κ1) is 21.6. The van der Waals surface area contributed by atoms with Gasteiger partial charge in [-0.15, -0.1) is 0 Å². The number of fused-ring (bicyclic) bond motifs is 1. The zero-order chi connectivity index (χ0) is 24.5. The molecule has 0 unspecified atom stereocenters. The van der Waals surface area contributed by atoms with Gasteiger partial charge in [-0.25, -0.2) is 9.78 Å². The molecule has 0 amide bonds. The Morgan fingerprint density at radius 3 is 1.89 bits per heavy atom. The van der Waals surface area contributed by atoms with E-state index < -0.39 is 11.5 Å². The average molecular weight is 471 g/mol. The highest BCUT2D eigenvalue weighted by molar-refractivity contribution is 5.98. The lowest BCUT2D eigenvalue weighted by molar-refractivity contribution is 0.0696. The summed E-state index contributed by atoms with van der Waals surface area (Å²) < 4.78 is 2.00. The molecule has 3 aromatic heterocycles. The Hall–Kier alpha value is -4.97. The molecule has 0 aliphatic heterocycles. The molecule has 0 atom stereocenters. The first-order chi connectivity index (χ1) is 17.7. The maximum absolute atomic E-state index is 11.6. The summed E-state index contributed by atoms with van der Waals surface area (Å²) in [5.41, 5.74) is 4.97. The number of H-pyrrole nitrogens is 1. The van der Waals surface area contributed by atoms with Gasteiger partial charge in [0.2, 0.25) is 0 Å². The molecule has 0 fully saturated rings. The number of aromatic nitrogens is 4. The zero-order valence-corrected chi connectivity index (χ0v) is 19.2. The SMILES string of the molecule is O=C(O)c1cnc2[nH]cc(-c3cnn(C(c4ccccc4)(c4ccccc4)c4ccccc4)c3)c2c1. The van der Waals surface area contributed by atoms with E-state index in [1.807, 2.05) is 77.9 Å². The minimum absolute atomic E-state index is 0.142. The third-order valence-corrected chi connectivity index (χ3v) is 6.59. The third-order valence-electron chi connectivity index (χ3n) is 6.59. The summed E-state index contributed by atoms with van der Waals surface area (Å²) in [6.07, 6.45) is 7.04. The topological polar surface area (TPSA) is 83.8 Å². The molecule has 6 aromatic rings. The quantitative estimate of drug-likeness (QED) is 0.294. The molecule has 3 aromatic carbocycles. The number of nitrogens with zero attached hydrogens (tertiary/aromatic N) is 3. The number of aromatic amines is 1. The lowest BCUT2D eigenvalue weighted by Gasteiger charge is -2.36. The molecular weight excluding hydrogens is 448 g/mol. The van der Waals surface area contributed by atoms with Crippen LogP contribution in [0.4, 0.5) is 0 Å². The van der Waals surface area contributed by atoms with Gasteiger partial charge in [0.15, 0.2) is 0 Å². The van der Waals surface area contributed by atoms with Crippen molar-refractivity contribution in [2.45, 2.75) is 5.54 Å². The molecule has 6 nitrogen and oxygen atoms in total. The summed E-state index contributed by atoms with van der Waals surface area (Å²) in [7, 11) is 0. The summed E-state index contributed by atoms with van der Waals surface area (Å²) in [4.78, 5) is 19.0. The van der Waals surface area contributed by atoms with E-state index >= 15 is 0 Å². The predicted octanol–water partition coefficient (Wildman–Crippen LogP) is 5.96. The summed E-state index contributed by atoms with van der Waals surface area (Å²) in [6.45, 7) is 0. The van der Waals surface area contributed by atoms with Gasteiger partial charge in [0.05, 0.1) is 11.8 Å².